The van der Waals surface area contributed by atoms with Crippen molar-refractivity contribution in [3.63, 3.8) is 0 Å². The monoisotopic (exact) mass is 426 g/mol. The Morgan fingerprint density at radius 3 is 2.29 bits per heavy atom. The molecule has 7 heteroatoms. The van der Waals surface area contributed by atoms with Crippen molar-refractivity contribution < 1.29 is 23.9 Å². The minimum atomic E-state index is -0.649. The normalized spacial score (nSPS) is 11.0. The van der Waals surface area contributed by atoms with Gasteiger partial charge in [0.05, 0.1) is 5.56 Å². The number of hydrogen-bond donors (Lipinski definition) is 1. The van der Waals surface area contributed by atoms with Crippen LogP contribution in [0.1, 0.15) is 50.5 Å². The van der Waals surface area contributed by atoms with E-state index in [1.54, 1.807) is 43.9 Å². The minimum Gasteiger partial charge on any atom is -0.452 e. The molecule has 2 rings (SSSR count). The Bertz CT molecular complexity index is 904. The van der Waals surface area contributed by atoms with Gasteiger partial charge in [0.15, 0.2) is 6.61 Å². The Morgan fingerprint density at radius 2 is 1.68 bits per heavy atom. The van der Waals surface area contributed by atoms with E-state index in [2.05, 4.69) is 5.32 Å². The van der Waals surface area contributed by atoms with Gasteiger partial charge in [-0.3, -0.25) is 10.1 Å². The van der Waals surface area contributed by atoms with Crippen molar-refractivity contribution >= 4 is 23.7 Å². The van der Waals surface area contributed by atoms with Gasteiger partial charge in [-0.1, -0.05) is 36.4 Å². The standard InChI is InChI=1S/C24H30N2O5/c1-17(2)26(15-18-10-7-6-8-11-18)21(27)16-30-22(28)19-12-9-13-20(14-19)25-23(29)31-24(3,4)5/h6-14,17H,15-16H2,1-5H3,(H,25,29). The van der Waals surface area contributed by atoms with Crippen LogP contribution in [0.15, 0.2) is 54.6 Å². The van der Waals surface area contributed by atoms with E-state index in [4.69, 9.17) is 9.47 Å². The third kappa shape index (κ3) is 8.12. The summed E-state index contributed by atoms with van der Waals surface area (Å²) in [5, 5.41) is 2.57. The Kier molecular flexibility index (Phi) is 8.19. The molecule has 0 radical (unpaired) electrons. The van der Waals surface area contributed by atoms with Gasteiger partial charge in [-0.25, -0.2) is 9.59 Å². The lowest BCUT2D eigenvalue weighted by atomic mass is 10.2. The molecule has 0 bridgehead atoms. The van der Waals surface area contributed by atoms with Crippen LogP contribution in [0.4, 0.5) is 10.5 Å². The Labute approximate surface area is 183 Å². The molecule has 0 aliphatic rings. The highest BCUT2D eigenvalue weighted by Crippen LogP contribution is 2.15. The molecule has 0 heterocycles. The highest BCUT2D eigenvalue weighted by Gasteiger charge is 2.20. The molecule has 1 N–H and O–H groups in total. The lowest BCUT2D eigenvalue weighted by Crippen LogP contribution is -2.39. The van der Waals surface area contributed by atoms with Gasteiger partial charge in [0.2, 0.25) is 0 Å². The third-order valence-corrected chi connectivity index (χ3v) is 4.21. The van der Waals surface area contributed by atoms with E-state index in [0.717, 1.165) is 5.56 Å². The Hall–Kier alpha value is -3.35. The first kappa shape index (κ1) is 23.9. The summed E-state index contributed by atoms with van der Waals surface area (Å²) in [5.74, 6) is -0.931. The summed E-state index contributed by atoms with van der Waals surface area (Å²) in [5.41, 5.74) is 0.975. The van der Waals surface area contributed by atoms with Crippen LogP contribution in [0.25, 0.3) is 0 Å². The quantitative estimate of drug-likeness (QED) is 0.653. The van der Waals surface area contributed by atoms with Gasteiger partial charge in [-0.15, -0.1) is 0 Å². The zero-order valence-electron chi connectivity index (χ0n) is 18.7. The smallest absolute Gasteiger partial charge is 0.412 e. The fourth-order valence-corrected chi connectivity index (χ4v) is 2.78. The molecule has 0 unspecified atom stereocenters. The van der Waals surface area contributed by atoms with Crippen LogP contribution < -0.4 is 5.32 Å². The second-order valence-corrected chi connectivity index (χ2v) is 8.38. The maximum atomic E-state index is 12.6. The predicted octanol–water partition coefficient (Wildman–Crippen LogP) is 4.63. The summed E-state index contributed by atoms with van der Waals surface area (Å²) in [6, 6.07) is 15.8. The maximum absolute atomic E-state index is 12.6. The second kappa shape index (κ2) is 10.6. The lowest BCUT2D eigenvalue weighted by Gasteiger charge is -2.26. The van der Waals surface area contributed by atoms with Gasteiger partial charge in [0.25, 0.3) is 5.91 Å². The Morgan fingerprint density at radius 1 is 1.00 bits per heavy atom. The number of nitrogens with one attached hydrogen (secondary N) is 1. The highest BCUT2D eigenvalue weighted by molar-refractivity contribution is 5.93. The van der Waals surface area contributed by atoms with E-state index in [0.29, 0.717) is 12.2 Å². The molecule has 31 heavy (non-hydrogen) atoms. The van der Waals surface area contributed by atoms with Crippen molar-refractivity contribution in [3.05, 3.63) is 65.7 Å². The van der Waals surface area contributed by atoms with E-state index in [1.165, 1.54) is 6.07 Å². The van der Waals surface area contributed by atoms with E-state index in [1.807, 2.05) is 44.2 Å². The molecule has 0 aliphatic carbocycles. The van der Waals surface area contributed by atoms with Crippen molar-refractivity contribution in [2.24, 2.45) is 0 Å². The fourth-order valence-electron chi connectivity index (χ4n) is 2.78. The summed E-state index contributed by atoms with van der Waals surface area (Å²) in [4.78, 5) is 38.6. The molecule has 7 nitrogen and oxygen atoms in total. The van der Waals surface area contributed by atoms with Crippen molar-refractivity contribution in [3.8, 4) is 0 Å². The predicted molar refractivity (Wildman–Crippen MR) is 119 cm³/mol. The summed E-state index contributed by atoms with van der Waals surface area (Å²) in [7, 11) is 0. The number of esters is 1. The van der Waals surface area contributed by atoms with E-state index < -0.39 is 17.7 Å². The molecule has 0 aromatic heterocycles. The minimum absolute atomic E-state index is 0.0484. The summed E-state index contributed by atoms with van der Waals surface area (Å²) >= 11 is 0. The van der Waals surface area contributed by atoms with Crippen LogP contribution >= 0.6 is 0 Å². The first-order valence-electron chi connectivity index (χ1n) is 10.2. The average molecular weight is 427 g/mol. The molecule has 166 valence electrons. The number of nitrogens with zero attached hydrogens (tertiary/aromatic N) is 1. The fraction of sp³-hybridized carbons (Fsp3) is 0.375. The van der Waals surface area contributed by atoms with Gasteiger partial charge >= 0.3 is 12.1 Å². The van der Waals surface area contributed by atoms with Crippen LogP contribution in [-0.4, -0.2) is 41.1 Å². The highest BCUT2D eigenvalue weighted by atomic mass is 16.6. The van der Waals surface area contributed by atoms with Crippen LogP contribution in [0.2, 0.25) is 0 Å². The van der Waals surface area contributed by atoms with Gasteiger partial charge in [-0.2, -0.15) is 0 Å². The topological polar surface area (TPSA) is 84.9 Å². The molecular formula is C24H30N2O5. The maximum Gasteiger partial charge on any atom is 0.412 e. The van der Waals surface area contributed by atoms with Crippen LogP contribution in [-0.2, 0) is 20.8 Å². The number of carbonyl (C=O) groups is 3. The van der Waals surface area contributed by atoms with Crippen molar-refractivity contribution in [1.82, 2.24) is 4.90 Å². The number of amides is 2. The molecular weight excluding hydrogens is 396 g/mol. The number of carbonyl (C=O) groups excluding carboxylic acids is 3. The van der Waals surface area contributed by atoms with Gasteiger partial charge in [0, 0.05) is 18.3 Å². The summed E-state index contributed by atoms with van der Waals surface area (Å²) in [6.45, 7) is 9.17. The first-order chi connectivity index (χ1) is 14.5. The number of anilines is 1. The van der Waals surface area contributed by atoms with Gasteiger partial charge in [0.1, 0.15) is 5.60 Å². The number of benzene rings is 2. The average Bonchev–Trinajstić information content (AvgIpc) is 2.69. The number of hydrogen-bond acceptors (Lipinski definition) is 5. The molecule has 2 aromatic rings. The summed E-state index contributed by atoms with van der Waals surface area (Å²) < 4.78 is 10.4. The van der Waals surface area contributed by atoms with Crippen molar-refractivity contribution in [1.29, 1.82) is 0 Å². The molecule has 0 spiro atoms. The van der Waals surface area contributed by atoms with E-state index >= 15 is 0 Å². The molecule has 0 saturated heterocycles. The molecule has 0 fully saturated rings. The lowest BCUT2D eigenvalue weighted by molar-refractivity contribution is -0.136. The van der Waals surface area contributed by atoms with E-state index in [9.17, 15) is 14.4 Å². The Balaban J connectivity index is 1.96. The van der Waals surface area contributed by atoms with Crippen LogP contribution in [0, 0.1) is 0 Å². The van der Waals surface area contributed by atoms with Crippen LogP contribution in [0.5, 0.6) is 0 Å². The number of rotatable bonds is 7. The molecule has 0 aliphatic heterocycles. The van der Waals surface area contributed by atoms with Crippen molar-refractivity contribution in [2.45, 2.75) is 52.8 Å². The van der Waals surface area contributed by atoms with Gasteiger partial charge < -0.3 is 14.4 Å². The zero-order chi connectivity index (χ0) is 23.0. The molecule has 0 atom stereocenters. The zero-order valence-corrected chi connectivity index (χ0v) is 18.7. The number of ether oxygens (including phenoxy) is 2. The largest absolute Gasteiger partial charge is 0.452 e. The van der Waals surface area contributed by atoms with Gasteiger partial charge in [-0.05, 0) is 58.4 Å². The van der Waals surface area contributed by atoms with E-state index in [-0.39, 0.29) is 24.1 Å². The molecule has 2 aromatic carbocycles. The SMILES string of the molecule is CC(C)N(Cc1ccccc1)C(=O)COC(=O)c1cccc(NC(=O)OC(C)(C)C)c1. The summed E-state index contributed by atoms with van der Waals surface area (Å²) in [6.07, 6.45) is -0.623. The van der Waals surface area contributed by atoms with Crippen LogP contribution in [0.3, 0.4) is 0 Å². The molecule has 0 saturated carbocycles. The second-order valence-electron chi connectivity index (χ2n) is 8.38. The molecule has 2 amide bonds. The third-order valence-electron chi connectivity index (χ3n) is 4.21. The first-order valence-corrected chi connectivity index (χ1v) is 10.2. The van der Waals surface area contributed by atoms with Crippen molar-refractivity contribution in [2.75, 3.05) is 11.9 Å².